The van der Waals surface area contributed by atoms with Crippen molar-refractivity contribution in [1.82, 2.24) is 9.97 Å². The van der Waals surface area contributed by atoms with Gasteiger partial charge in [0.2, 0.25) is 5.91 Å². The van der Waals surface area contributed by atoms with Gasteiger partial charge in [-0.15, -0.1) is 0 Å². The van der Waals surface area contributed by atoms with Crippen molar-refractivity contribution in [3.63, 3.8) is 0 Å². The van der Waals surface area contributed by atoms with E-state index in [0.29, 0.717) is 5.82 Å². The number of aromatic amines is 1. The second-order valence-electron chi connectivity index (χ2n) is 4.66. The zero-order chi connectivity index (χ0) is 10.8. The SMILES string of the molecule is CC(=O)Nc1cnc(CC(C)(C)C)[nH]1. The molecule has 1 aromatic heterocycles. The molecule has 0 atom stereocenters. The topological polar surface area (TPSA) is 57.8 Å². The molecule has 0 aliphatic rings. The lowest BCUT2D eigenvalue weighted by atomic mass is 9.92. The summed E-state index contributed by atoms with van der Waals surface area (Å²) in [6, 6.07) is 0. The Morgan fingerprint density at radius 2 is 2.21 bits per heavy atom. The Morgan fingerprint density at radius 1 is 1.57 bits per heavy atom. The van der Waals surface area contributed by atoms with Gasteiger partial charge in [0, 0.05) is 13.3 Å². The highest BCUT2D eigenvalue weighted by Crippen LogP contribution is 2.19. The Morgan fingerprint density at radius 3 is 2.71 bits per heavy atom. The molecule has 0 aliphatic heterocycles. The maximum Gasteiger partial charge on any atom is 0.222 e. The lowest BCUT2D eigenvalue weighted by molar-refractivity contribution is -0.114. The smallest absolute Gasteiger partial charge is 0.222 e. The molecule has 0 aromatic carbocycles. The summed E-state index contributed by atoms with van der Waals surface area (Å²) in [5.41, 5.74) is 0.200. The van der Waals surface area contributed by atoms with Gasteiger partial charge in [0.15, 0.2) is 0 Å². The van der Waals surface area contributed by atoms with Crippen molar-refractivity contribution in [2.45, 2.75) is 34.1 Å². The fraction of sp³-hybridized carbons (Fsp3) is 0.600. The molecule has 4 heteroatoms. The van der Waals surface area contributed by atoms with Crippen LogP contribution in [0.1, 0.15) is 33.5 Å². The van der Waals surface area contributed by atoms with E-state index in [2.05, 4.69) is 36.1 Å². The van der Waals surface area contributed by atoms with Gasteiger partial charge in [0.05, 0.1) is 6.20 Å². The number of rotatable bonds is 2. The summed E-state index contributed by atoms with van der Waals surface area (Å²) in [6.07, 6.45) is 2.51. The van der Waals surface area contributed by atoms with Gasteiger partial charge >= 0.3 is 0 Å². The summed E-state index contributed by atoms with van der Waals surface area (Å²) in [7, 11) is 0. The van der Waals surface area contributed by atoms with Crippen LogP contribution in [0.5, 0.6) is 0 Å². The minimum atomic E-state index is -0.0871. The third kappa shape index (κ3) is 3.60. The molecule has 4 nitrogen and oxygen atoms in total. The van der Waals surface area contributed by atoms with Crippen molar-refractivity contribution < 1.29 is 4.79 Å². The van der Waals surface area contributed by atoms with Gasteiger partial charge in [0.25, 0.3) is 0 Å². The minimum absolute atomic E-state index is 0.0871. The number of aromatic nitrogens is 2. The normalized spacial score (nSPS) is 11.4. The van der Waals surface area contributed by atoms with E-state index in [1.807, 2.05) is 0 Å². The third-order valence-corrected chi connectivity index (χ3v) is 1.64. The van der Waals surface area contributed by atoms with Crippen LogP contribution >= 0.6 is 0 Å². The number of imidazole rings is 1. The highest BCUT2D eigenvalue weighted by Gasteiger charge is 2.13. The first-order valence-corrected chi connectivity index (χ1v) is 4.68. The lowest BCUT2D eigenvalue weighted by Crippen LogP contribution is -2.10. The summed E-state index contributed by atoms with van der Waals surface area (Å²) in [6.45, 7) is 7.92. The predicted molar refractivity (Wildman–Crippen MR) is 56.1 cm³/mol. The molecule has 1 amide bonds. The molecule has 0 unspecified atom stereocenters. The van der Waals surface area contributed by atoms with Crippen molar-refractivity contribution in [2.75, 3.05) is 5.32 Å². The average Bonchev–Trinajstić information content (AvgIpc) is 2.30. The fourth-order valence-corrected chi connectivity index (χ4v) is 1.21. The number of nitrogens with zero attached hydrogens (tertiary/aromatic N) is 1. The minimum Gasteiger partial charge on any atom is -0.329 e. The standard InChI is InChI=1S/C10H17N3O/c1-7(14)12-9-6-11-8(13-9)5-10(2,3)4/h6H,5H2,1-4H3,(H,11,13)(H,12,14). The van der Waals surface area contributed by atoms with Crippen LogP contribution in [0.4, 0.5) is 5.82 Å². The van der Waals surface area contributed by atoms with E-state index in [-0.39, 0.29) is 11.3 Å². The molecule has 0 spiro atoms. The molecule has 0 radical (unpaired) electrons. The van der Waals surface area contributed by atoms with E-state index < -0.39 is 0 Å². The van der Waals surface area contributed by atoms with Crippen LogP contribution in [0, 0.1) is 5.41 Å². The van der Waals surface area contributed by atoms with Crippen molar-refractivity contribution >= 4 is 11.7 Å². The Labute approximate surface area is 84.1 Å². The van der Waals surface area contributed by atoms with E-state index in [1.54, 1.807) is 6.20 Å². The molecule has 78 valence electrons. The van der Waals surface area contributed by atoms with Gasteiger partial charge in [-0.3, -0.25) is 4.79 Å². The molecule has 1 aromatic rings. The fourth-order valence-electron chi connectivity index (χ4n) is 1.21. The number of carbonyl (C=O) groups excluding carboxylic acids is 1. The summed E-state index contributed by atoms with van der Waals surface area (Å²) >= 11 is 0. The zero-order valence-corrected chi connectivity index (χ0v) is 9.14. The molecule has 0 saturated carbocycles. The lowest BCUT2D eigenvalue weighted by Gasteiger charge is -2.15. The first-order valence-electron chi connectivity index (χ1n) is 4.68. The second-order valence-corrected chi connectivity index (χ2v) is 4.66. The summed E-state index contributed by atoms with van der Waals surface area (Å²) in [5.74, 6) is 1.48. The molecule has 0 bridgehead atoms. The summed E-state index contributed by atoms with van der Waals surface area (Å²) in [4.78, 5) is 18.0. The first-order chi connectivity index (χ1) is 6.37. The average molecular weight is 195 g/mol. The highest BCUT2D eigenvalue weighted by molar-refractivity contribution is 5.87. The Hall–Kier alpha value is -1.32. The van der Waals surface area contributed by atoms with Gasteiger partial charge in [-0.05, 0) is 5.41 Å². The predicted octanol–water partition coefficient (Wildman–Crippen LogP) is 1.96. The monoisotopic (exact) mass is 195 g/mol. The number of H-pyrrole nitrogens is 1. The van der Waals surface area contributed by atoms with Gasteiger partial charge < -0.3 is 10.3 Å². The van der Waals surface area contributed by atoms with Gasteiger partial charge in [-0.1, -0.05) is 20.8 Å². The Bertz CT molecular complexity index is 322. The molecular formula is C10H17N3O. The Kier molecular flexibility index (Phi) is 2.93. The van der Waals surface area contributed by atoms with E-state index in [1.165, 1.54) is 6.92 Å². The summed E-state index contributed by atoms with van der Waals surface area (Å²) < 4.78 is 0. The number of anilines is 1. The number of hydrogen-bond acceptors (Lipinski definition) is 2. The molecule has 2 N–H and O–H groups in total. The number of amides is 1. The van der Waals surface area contributed by atoms with Crippen molar-refractivity contribution in [2.24, 2.45) is 5.41 Å². The van der Waals surface area contributed by atoms with Crippen LogP contribution in [0.3, 0.4) is 0 Å². The van der Waals surface area contributed by atoms with Gasteiger partial charge in [-0.25, -0.2) is 4.98 Å². The van der Waals surface area contributed by atoms with Crippen molar-refractivity contribution in [1.29, 1.82) is 0 Å². The Balaban J connectivity index is 2.64. The van der Waals surface area contributed by atoms with Crippen LogP contribution in [0.2, 0.25) is 0 Å². The molecule has 1 rings (SSSR count). The maximum absolute atomic E-state index is 10.7. The molecule has 0 aliphatic carbocycles. The quantitative estimate of drug-likeness (QED) is 0.757. The largest absolute Gasteiger partial charge is 0.329 e. The van der Waals surface area contributed by atoms with Crippen LogP contribution in [-0.2, 0) is 11.2 Å². The first kappa shape index (κ1) is 10.8. The second kappa shape index (κ2) is 3.82. The molecule has 0 saturated heterocycles. The van der Waals surface area contributed by atoms with E-state index in [9.17, 15) is 4.79 Å². The number of nitrogens with one attached hydrogen (secondary N) is 2. The van der Waals surface area contributed by atoms with Crippen LogP contribution in [-0.4, -0.2) is 15.9 Å². The summed E-state index contributed by atoms with van der Waals surface area (Å²) in [5, 5.41) is 2.65. The number of carbonyl (C=O) groups is 1. The van der Waals surface area contributed by atoms with Crippen LogP contribution < -0.4 is 5.32 Å². The van der Waals surface area contributed by atoms with E-state index in [4.69, 9.17) is 0 Å². The van der Waals surface area contributed by atoms with Crippen molar-refractivity contribution in [3.8, 4) is 0 Å². The highest BCUT2D eigenvalue weighted by atomic mass is 16.1. The molecule has 0 fully saturated rings. The van der Waals surface area contributed by atoms with Gasteiger partial charge in [-0.2, -0.15) is 0 Å². The maximum atomic E-state index is 10.7. The zero-order valence-electron chi connectivity index (χ0n) is 9.14. The van der Waals surface area contributed by atoms with E-state index >= 15 is 0 Å². The van der Waals surface area contributed by atoms with Gasteiger partial charge in [0.1, 0.15) is 11.6 Å². The number of hydrogen-bond donors (Lipinski definition) is 2. The third-order valence-electron chi connectivity index (χ3n) is 1.64. The van der Waals surface area contributed by atoms with Crippen LogP contribution in [0.25, 0.3) is 0 Å². The molecule has 14 heavy (non-hydrogen) atoms. The molecule has 1 heterocycles. The van der Waals surface area contributed by atoms with Crippen molar-refractivity contribution in [3.05, 3.63) is 12.0 Å². The molecular weight excluding hydrogens is 178 g/mol. The van der Waals surface area contributed by atoms with E-state index in [0.717, 1.165) is 12.2 Å². The van der Waals surface area contributed by atoms with Crippen LogP contribution in [0.15, 0.2) is 6.20 Å².